The Morgan fingerprint density at radius 1 is 1.03 bits per heavy atom. The highest BCUT2D eigenvalue weighted by Crippen LogP contribution is 2.49. The van der Waals surface area contributed by atoms with Gasteiger partial charge in [0.1, 0.15) is 5.78 Å². The van der Waals surface area contributed by atoms with Crippen LogP contribution in [0.3, 0.4) is 0 Å². The zero-order chi connectivity index (χ0) is 20.6. The Morgan fingerprint density at radius 3 is 2.20 bits per heavy atom. The number of rotatable bonds is 2. The third-order valence-corrected chi connectivity index (χ3v) is 7.70. The normalized spacial score (nSPS) is 26.5. The summed E-state index contributed by atoms with van der Waals surface area (Å²) >= 11 is 0. The first-order valence-electron chi connectivity index (χ1n) is 10.7. The molecule has 6 nitrogen and oxygen atoms in total. The molecular weight excluding hydrogens is 403 g/mol. The Bertz CT molecular complexity index is 873. The molecule has 1 spiro atoms. The van der Waals surface area contributed by atoms with E-state index in [0.717, 1.165) is 42.6 Å². The second-order valence-corrected chi connectivity index (χ2v) is 9.97. The van der Waals surface area contributed by atoms with Gasteiger partial charge in [0.05, 0.1) is 22.7 Å². The van der Waals surface area contributed by atoms with Gasteiger partial charge in [-0.1, -0.05) is 12.1 Å². The molecule has 162 valence electrons. The number of benzene rings is 1. The first kappa shape index (κ1) is 21.8. The minimum atomic E-state index is -0.465. The van der Waals surface area contributed by atoms with Crippen LogP contribution in [0.2, 0.25) is 0 Å². The van der Waals surface area contributed by atoms with Crippen molar-refractivity contribution in [1.82, 2.24) is 5.32 Å². The highest BCUT2D eigenvalue weighted by atomic mass is 35.5. The van der Waals surface area contributed by atoms with Gasteiger partial charge in [0.2, 0.25) is 5.91 Å². The van der Waals surface area contributed by atoms with Gasteiger partial charge in [-0.25, -0.2) is 0 Å². The van der Waals surface area contributed by atoms with Crippen molar-refractivity contribution in [2.75, 3.05) is 18.0 Å². The molecule has 1 aromatic carbocycles. The summed E-state index contributed by atoms with van der Waals surface area (Å²) in [5.74, 6) is 0.398. The van der Waals surface area contributed by atoms with Crippen molar-refractivity contribution in [1.29, 1.82) is 0 Å². The van der Waals surface area contributed by atoms with Gasteiger partial charge in [-0.15, -0.1) is 12.4 Å². The predicted octanol–water partition coefficient (Wildman–Crippen LogP) is 2.11. The number of amides is 1. The highest BCUT2D eigenvalue weighted by molar-refractivity contribution is 6.62. The summed E-state index contributed by atoms with van der Waals surface area (Å²) in [6.45, 7) is 9.84. The van der Waals surface area contributed by atoms with E-state index in [4.69, 9.17) is 9.31 Å². The number of nitrogens with zero attached hydrogens (tertiary/aromatic N) is 1. The number of halogens is 1. The van der Waals surface area contributed by atoms with E-state index in [-0.39, 0.29) is 30.1 Å². The standard InChI is InChI=1S/C22H29BN2O4.ClH/c1-20(2)21(3,4)29-23(28-20)14-5-6-17-18(11-14)25(15-12-16(26)13-15)19(27)22(17)7-9-24-10-8-22;/h5-6,11,15,24H,7-10,12-13H2,1-4H3;1H. The molecule has 1 N–H and O–H groups in total. The number of fused-ring (bicyclic) bond motifs is 2. The second kappa shape index (κ2) is 7.06. The molecule has 3 aliphatic heterocycles. The lowest BCUT2D eigenvalue weighted by Crippen LogP contribution is -2.53. The fraction of sp³-hybridized carbons (Fsp3) is 0.636. The average molecular weight is 433 g/mol. The summed E-state index contributed by atoms with van der Waals surface area (Å²) in [5.41, 5.74) is 1.68. The van der Waals surface area contributed by atoms with Gasteiger partial charge in [-0.05, 0) is 70.7 Å². The molecule has 0 bridgehead atoms. The highest BCUT2D eigenvalue weighted by Gasteiger charge is 2.56. The number of hydrogen-bond donors (Lipinski definition) is 1. The van der Waals surface area contributed by atoms with Gasteiger partial charge in [0.25, 0.3) is 0 Å². The van der Waals surface area contributed by atoms with Gasteiger partial charge in [0, 0.05) is 18.5 Å². The molecule has 3 heterocycles. The number of Topliss-reactive ketones (excluding diaryl/α,β-unsaturated/α-hetero) is 1. The molecule has 30 heavy (non-hydrogen) atoms. The number of carbonyl (C=O) groups excluding carboxylic acids is 2. The van der Waals surface area contributed by atoms with E-state index in [1.54, 1.807) is 0 Å². The number of piperidine rings is 1. The van der Waals surface area contributed by atoms with Crippen molar-refractivity contribution in [3.8, 4) is 0 Å². The maximum absolute atomic E-state index is 13.6. The van der Waals surface area contributed by atoms with E-state index >= 15 is 0 Å². The summed E-state index contributed by atoms with van der Waals surface area (Å²) in [7, 11) is -0.463. The molecule has 0 atom stereocenters. The Morgan fingerprint density at radius 2 is 1.63 bits per heavy atom. The molecule has 0 aromatic heterocycles. The van der Waals surface area contributed by atoms with Crippen molar-refractivity contribution in [3.63, 3.8) is 0 Å². The van der Waals surface area contributed by atoms with Gasteiger partial charge in [-0.2, -0.15) is 0 Å². The van der Waals surface area contributed by atoms with Crippen molar-refractivity contribution in [3.05, 3.63) is 23.8 Å². The van der Waals surface area contributed by atoms with Crippen LogP contribution in [0.1, 0.15) is 58.9 Å². The zero-order valence-electron chi connectivity index (χ0n) is 18.1. The molecule has 3 fully saturated rings. The maximum Gasteiger partial charge on any atom is 0.494 e. The van der Waals surface area contributed by atoms with E-state index in [1.807, 2.05) is 38.7 Å². The van der Waals surface area contributed by atoms with E-state index in [1.165, 1.54) is 0 Å². The first-order valence-corrected chi connectivity index (χ1v) is 10.7. The molecule has 5 rings (SSSR count). The van der Waals surface area contributed by atoms with Crippen LogP contribution in [-0.4, -0.2) is 49.1 Å². The second-order valence-electron chi connectivity index (χ2n) is 9.97. The van der Waals surface area contributed by atoms with Crippen molar-refractivity contribution in [2.24, 2.45) is 0 Å². The zero-order valence-corrected chi connectivity index (χ0v) is 18.9. The number of nitrogens with one attached hydrogen (secondary N) is 1. The van der Waals surface area contributed by atoms with Gasteiger partial charge in [0.15, 0.2) is 0 Å². The number of carbonyl (C=O) groups is 2. The van der Waals surface area contributed by atoms with Crippen LogP contribution in [0.5, 0.6) is 0 Å². The van der Waals surface area contributed by atoms with Crippen LogP contribution in [0.15, 0.2) is 18.2 Å². The van der Waals surface area contributed by atoms with Crippen LogP contribution in [-0.2, 0) is 24.3 Å². The molecular formula is C22H30BClN2O4. The van der Waals surface area contributed by atoms with Gasteiger partial charge < -0.3 is 19.5 Å². The van der Waals surface area contributed by atoms with Crippen LogP contribution >= 0.6 is 12.4 Å². The Balaban J connectivity index is 0.00000218. The molecule has 0 radical (unpaired) electrons. The third kappa shape index (κ3) is 2.97. The summed E-state index contributed by atoms with van der Waals surface area (Å²) in [6.07, 6.45) is 2.51. The minimum Gasteiger partial charge on any atom is -0.399 e. The fourth-order valence-corrected chi connectivity index (χ4v) is 5.08. The minimum absolute atomic E-state index is 0. The topological polar surface area (TPSA) is 67.9 Å². The molecule has 1 amide bonds. The van der Waals surface area contributed by atoms with Crippen LogP contribution in [0, 0.1) is 0 Å². The van der Waals surface area contributed by atoms with Crippen LogP contribution in [0.4, 0.5) is 5.69 Å². The lowest BCUT2D eigenvalue weighted by atomic mass is 9.72. The maximum atomic E-state index is 13.6. The lowest BCUT2D eigenvalue weighted by molar-refractivity contribution is -0.128. The van der Waals surface area contributed by atoms with E-state index in [0.29, 0.717) is 12.8 Å². The Labute approximate surface area is 184 Å². The van der Waals surface area contributed by atoms with Crippen molar-refractivity contribution in [2.45, 2.75) is 76.0 Å². The molecule has 2 saturated heterocycles. The largest absolute Gasteiger partial charge is 0.494 e. The SMILES string of the molecule is CC1(C)OB(c2ccc3c(c2)N(C2CC(=O)C2)C(=O)C32CCNCC2)OC1(C)C.Cl. The van der Waals surface area contributed by atoms with Crippen molar-refractivity contribution >= 4 is 42.4 Å². The summed E-state index contributed by atoms with van der Waals surface area (Å²) in [5, 5.41) is 3.38. The first-order chi connectivity index (χ1) is 13.6. The lowest BCUT2D eigenvalue weighted by Gasteiger charge is -2.37. The fourth-order valence-electron chi connectivity index (χ4n) is 5.08. The number of hydrogen-bond acceptors (Lipinski definition) is 5. The third-order valence-electron chi connectivity index (χ3n) is 7.70. The molecule has 1 aliphatic carbocycles. The van der Waals surface area contributed by atoms with E-state index < -0.39 is 23.7 Å². The quantitative estimate of drug-likeness (QED) is 0.725. The van der Waals surface area contributed by atoms with E-state index in [2.05, 4.69) is 17.4 Å². The van der Waals surface area contributed by atoms with Crippen LogP contribution in [0.25, 0.3) is 0 Å². The molecule has 8 heteroatoms. The molecule has 4 aliphatic rings. The van der Waals surface area contributed by atoms with Crippen molar-refractivity contribution < 1.29 is 18.9 Å². The molecule has 1 saturated carbocycles. The predicted molar refractivity (Wildman–Crippen MR) is 119 cm³/mol. The van der Waals surface area contributed by atoms with Gasteiger partial charge >= 0.3 is 7.12 Å². The van der Waals surface area contributed by atoms with Gasteiger partial charge in [-0.3, -0.25) is 9.59 Å². The summed E-state index contributed by atoms with van der Waals surface area (Å²) < 4.78 is 12.5. The smallest absolute Gasteiger partial charge is 0.399 e. The number of anilines is 1. The monoisotopic (exact) mass is 432 g/mol. The number of ketones is 1. The summed E-state index contributed by atoms with van der Waals surface area (Å²) in [6, 6.07) is 6.19. The van der Waals surface area contributed by atoms with E-state index in [9.17, 15) is 9.59 Å². The molecule has 1 aromatic rings. The average Bonchev–Trinajstić information content (AvgIpc) is 3.00. The molecule has 0 unspecified atom stereocenters. The summed E-state index contributed by atoms with van der Waals surface area (Å²) in [4.78, 5) is 27.2. The van der Waals surface area contributed by atoms with Crippen LogP contribution < -0.4 is 15.7 Å². The Kier molecular flexibility index (Phi) is 5.13. The Hall–Kier alpha value is -1.41.